The number of nitrogens with one attached hydrogen (secondary N) is 2. The summed E-state index contributed by atoms with van der Waals surface area (Å²) >= 11 is 0. The summed E-state index contributed by atoms with van der Waals surface area (Å²) in [5.41, 5.74) is 1.28. The lowest BCUT2D eigenvalue weighted by Gasteiger charge is -2.30. The van der Waals surface area contributed by atoms with Crippen LogP contribution in [0.25, 0.3) is 0 Å². The van der Waals surface area contributed by atoms with Crippen LogP contribution in [-0.2, 0) is 21.3 Å². The Morgan fingerprint density at radius 2 is 1.83 bits per heavy atom. The molecule has 0 heterocycles. The first-order chi connectivity index (χ1) is 14.2. The van der Waals surface area contributed by atoms with Crippen molar-refractivity contribution in [2.45, 2.75) is 63.4 Å². The molecule has 0 atom stereocenters. The van der Waals surface area contributed by atoms with Crippen LogP contribution in [-0.4, -0.2) is 59.1 Å². The Kier molecular flexibility index (Phi) is 9.12. The Labute approximate surface area is 182 Å². The third-order valence-corrected chi connectivity index (χ3v) is 8.19. The molecule has 2 rings (SSSR count). The highest BCUT2D eigenvalue weighted by Gasteiger charge is 2.33. The lowest BCUT2D eigenvalue weighted by Crippen LogP contribution is -2.43. The standard InChI is InChI=1S/C22H38N4O3S/c1-18(2)26(4)30(27,28)20-10-8-19(9-11-20)16-24-21(23-3)25-17-22(14-15-29-5)12-6-7-13-22/h8-11,18H,6-7,12-17H2,1-5H3,(H2,23,24,25). The highest BCUT2D eigenvalue weighted by atomic mass is 32.2. The van der Waals surface area contributed by atoms with Gasteiger partial charge in [0.1, 0.15) is 0 Å². The summed E-state index contributed by atoms with van der Waals surface area (Å²) in [4.78, 5) is 4.65. The van der Waals surface area contributed by atoms with E-state index in [9.17, 15) is 8.42 Å². The van der Waals surface area contributed by atoms with Gasteiger partial charge >= 0.3 is 0 Å². The maximum Gasteiger partial charge on any atom is 0.243 e. The molecule has 8 heteroatoms. The largest absolute Gasteiger partial charge is 0.385 e. The molecule has 7 nitrogen and oxygen atoms in total. The van der Waals surface area contributed by atoms with E-state index in [2.05, 4.69) is 15.6 Å². The van der Waals surface area contributed by atoms with Crippen LogP contribution in [0.4, 0.5) is 0 Å². The summed E-state index contributed by atoms with van der Waals surface area (Å²) in [5, 5.41) is 6.81. The predicted octanol–water partition coefficient (Wildman–Crippen LogP) is 2.98. The minimum absolute atomic E-state index is 0.0854. The normalized spacial score (nSPS) is 17.0. The molecule has 1 saturated carbocycles. The fraction of sp³-hybridized carbons (Fsp3) is 0.682. The molecule has 1 fully saturated rings. The van der Waals surface area contributed by atoms with Gasteiger partial charge in [0, 0.05) is 46.9 Å². The highest BCUT2D eigenvalue weighted by Crippen LogP contribution is 2.40. The predicted molar refractivity (Wildman–Crippen MR) is 122 cm³/mol. The van der Waals surface area contributed by atoms with Gasteiger partial charge in [-0.05, 0) is 56.2 Å². The van der Waals surface area contributed by atoms with Crippen molar-refractivity contribution in [3.8, 4) is 0 Å². The van der Waals surface area contributed by atoms with Gasteiger partial charge in [-0.15, -0.1) is 0 Å². The maximum atomic E-state index is 12.6. The topological polar surface area (TPSA) is 83.0 Å². The molecule has 1 aliphatic carbocycles. The van der Waals surface area contributed by atoms with Crippen LogP contribution in [0.5, 0.6) is 0 Å². The minimum Gasteiger partial charge on any atom is -0.385 e. The van der Waals surface area contributed by atoms with Crippen molar-refractivity contribution in [2.24, 2.45) is 10.4 Å². The van der Waals surface area contributed by atoms with E-state index < -0.39 is 10.0 Å². The van der Waals surface area contributed by atoms with Crippen LogP contribution in [0.15, 0.2) is 34.2 Å². The SMILES string of the molecule is CN=C(NCc1ccc(S(=O)(=O)N(C)C(C)C)cc1)NCC1(CCOC)CCCC1. The molecule has 0 aliphatic heterocycles. The van der Waals surface area contributed by atoms with Gasteiger partial charge in [0.25, 0.3) is 0 Å². The lowest BCUT2D eigenvalue weighted by atomic mass is 9.83. The zero-order chi connectivity index (χ0) is 22.2. The van der Waals surface area contributed by atoms with E-state index in [1.54, 1.807) is 33.3 Å². The summed E-state index contributed by atoms with van der Waals surface area (Å²) in [5.74, 6) is 0.759. The highest BCUT2D eigenvalue weighted by molar-refractivity contribution is 7.89. The van der Waals surface area contributed by atoms with Crippen LogP contribution < -0.4 is 10.6 Å². The van der Waals surface area contributed by atoms with Gasteiger partial charge < -0.3 is 15.4 Å². The van der Waals surface area contributed by atoms with Gasteiger partial charge in [-0.3, -0.25) is 4.99 Å². The monoisotopic (exact) mass is 438 g/mol. The third kappa shape index (κ3) is 6.43. The van der Waals surface area contributed by atoms with E-state index in [1.807, 2.05) is 26.0 Å². The molecule has 30 heavy (non-hydrogen) atoms. The van der Waals surface area contributed by atoms with E-state index in [1.165, 1.54) is 30.0 Å². The quantitative estimate of drug-likeness (QED) is 0.433. The Balaban J connectivity index is 1.92. The number of sulfonamides is 1. The summed E-state index contributed by atoms with van der Waals surface area (Å²) in [7, 11) is 1.67. The Bertz CT molecular complexity index is 785. The molecule has 0 spiro atoms. The number of benzene rings is 1. The molecule has 0 amide bonds. The number of ether oxygens (including phenoxy) is 1. The van der Waals surface area contributed by atoms with Crippen molar-refractivity contribution in [2.75, 3.05) is 34.4 Å². The smallest absolute Gasteiger partial charge is 0.243 e. The van der Waals surface area contributed by atoms with Gasteiger partial charge in [0.2, 0.25) is 10.0 Å². The van der Waals surface area contributed by atoms with Crippen LogP contribution in [0.2, 0.25) is 0 Å². The fourth-order valence-corrected chi connectivity index (χ4v) is 5.23. The van der Waals surface area contributed by atoms with Crippen LogP contribution in [0.3, 0.4) is 0 Å². The zero-order valence-electron chi connectivity index (χ0n) is 19.1. The second-order valence-electron chi connectivity index (χ2n) is 8.49. The Morgan fingerprint density at radius 3 is 2.37 bits per heavy atom. The Hall–Kier alpha value is -1.64. The van der Waals surface area contributed by atoms with E-state index in [-0.39, 0.29) is 11.5 Å². The number of hydrogen-bond donors (Lipinski definition) is 2. The average molecular weight is 439 g/mol. The van der Waals surface area contributed by atoms with Gasteiger partial charge in [-0.2, -0.15) is 4.31 Å². The molecule has 1 aromatic rings. The van der Waals surface area contributed by atoms with Gasteiger partial charge in [-0.1, -0.05) is 25.0 Å². The first-order valence-corrected chi connectivity index (χ1v) is 12.2. The van der Waals surface area contributed by atoms with Crippen LogP contribution in [0.1, 0.15) is 51.5 Å². The first kappa shape index (κ1) is 24.6. The van der Waals surface area contributed by atoms with Gasteiger partial charge in [0.05, 0.1) is 4.90 Å². The van der Waals surface area contributed by atoms with Crippen molar-refractivity contribution in [1.82, 2.24) is 14.9 Å². The van der Waals surface area contributed by atoms with Gasteiger partial charge in [-0.25, -0.2) is 8.42 Å². The molecule has 0 radical (unpaired) electrons. The summed E-state index contributed by atoms with van der Waals surface area (Å²) in [6, 6.07) is 6.94. The second kappa shape index (κ2) is 11.1. The van der Waals surface area contributed by atoms with E-state index in [0.29, 0.717) is 11.4 Å². The molecule has 0 unspecified atom stereocenters. The zero-order valence-corrected chi connectivity index (χ0v) is 19.9. The number of nitrogens with zero attached hydrogens (tertiary/aromatic N) is 2. The van der Waals surface area contributed by atoms with E-state index in [0.717, 1.165) is 31.1 Å². The Morgan fingerprint density at radius 1 is 1.20 bits per heavy atom. The average Bonchev–Trinajstić information content (AvgIpc) is 3.21. The van der Waals surface area contributed by atoms with E-state index in [4.69, 9.17) is 4.74 Å². The summed E-state index contributed by atoms with van der Waals surface area (Å²) < 4.78 is 31.9. The fourth-order valence-electron chi connectivity index (χ4n) is 3.86. The van der Waals surface area contributed by atoms with E-state index >= 15 is 0 Å². The molecule has 0 saturated heterocycles. The third-order valence-electron chi connectivity index (χ3n) is 6.14. The molecule has 0 aromatic heterocycles. The summed E-state index contributed by atoms with van der Waals surface area (Å²) in [6.07, 6.45) is 6.06. The number of aliphatic imine (C=N–C) groups is 1. The molecule has 0 bridgehead atoms. The lowest BCUT2D eigenvalue weighted by molar-refractivity contribution is 0.138. The van der Waals surface area contributed by atoms with Crippen molar-refractivity contribution >= 4 is 16.0 Å². The summed E-state index contributed by atoms with van der Waals surface area (Å²) in [6.45, 7) is 5.97. The van der Waals surface area contributed by atoms with Crippen LogP contribution >= 0.6 is 0 Å². The minimum atomic E-state index is -3.46. The molecule has 2 N–H and O–H groups in total. The number of hydrogen-bond acceptors (Lipinski definition) is 4. The van der Waals surface area contributed by atoms with Gasteiger partial charge in [0.15, 0.2) is 5.96 Å². The first-order valence-electron chi connectivity index (χ1n) is 10.7. The van der Waals surface area contributed by atoms with Crippen molar-refractivity contribution in [3.05, 3.63) is 29.8 Å². The number of rotatable bonds is 10. The molecule has 170 valence electrons. The second-order valence-corrected chi connectivity index (χ2v) is 10.5. The van der Waals surface area contributed by atoms with Crippen LogP contribution in [0, 0.1) is 5.41 Å². The molecule has 1 aliphatic rings. The number of methoxy groups -OCH3 is 1. The van der Waals surface area contributed by atoms with Crippen molar-refractivity contribution in [3.63, 3.8) is 0 Å². The maximum absolute atomic E-state index is 12.6. The molecule has 1 aromatic carbocycles. The van der Waals surface area contributed by atoms with Crippen molar-refractivity contribution in [1.29, 1.82) is 0 Å². The number of guanidine groups is 1. The van der Waals surface area contributed by atoms with Crippen molar-refractivity contribution < 1.29 is 13.2 Å². The molecular weight excluding hydrogens is 400 g/mol. The molecular formula is C22H38N4O3S.